The first-order chi connectivity index (χ1) is 9.65. The number of aliphatic hydroxyl groups is 1. The summed E-state index contributed by atoms with van der Waals surface area (Å²) in [5.41, 5.74) is 0. The standard InChI is InChI=1S/C16H28N2O2/c1-11(19)12-6-8-18(9-7-12)16(20)15-10-13-4-2-3-5-14(13)17-15/h11-15,17,19H,2-10H2,1H3/t11-,13+,14+,15-/m1/s1. The van der Waals surface area contributed by atoms with E-state index in [9.17, 15) is 9.90 Å². The first kappa shape index (κ1) is 14.3. The van der Waals surface area contributed by atoms with Crippen molar-refractivity contribution in [2.75, 3.05) is 13.1 Å². The predicted molar refractivity (Wildman–Crippen MR) is 78.3 cm³/mol. The molecule has 4 nitrogen and oxygen atoms in total. The van der Waals surface area contributed by atoms with E-state index >= 15 is 0 Å². The van der Waals surface area contributed by atoms with Crippen LogP contribution in [0.5, 0.6) is 0 Å². The minimum atomic E-state index is -0.236. The third-order valence-corrected chi connectivity index (χ3v) is 5.69. The quantitative estimate of drug-likeness (QED) is 0.806. The third-order valence-electron chi connectivity index (χ3n) is 5.69. The lowest BCUT2D eigenvalue weighted by Gasteiger charge is -2.34. The van der Waals surface area contributed by atoms with Crippen molar-refractivity contribution < 1.29 is 9.90 Å². The molecule has 1 aliphatic carbocycles. The number of amides is 1. The molecule has 0 spiro atoms. The number of aliphatic hydroxyl groups excluding tert-OH is 1. The Morgan fingerprint density at radius 2 is 1.90 bits per heavy atom. The highest BCUT2D eigenvalue weighted by atomic mass is 16.3. The normalized spacial score (nSPS) is 36.7. The summed E-state index contributed by atoms with van der Waals surface area (Å²) < 4.78 is 0. The van der Waals surface area contributed by atoms with E-state index in [1.807, 2.05) is 11.8 Å². The lowest BCUT2D eigenvalue weighted by Crippen LogP contribution is -2.49. The fourth-order valence-corrected chi connectivity index (χ4v) is 4.33. The molecule has 0 aromatic rings. The van der Waals surface area contributed by atoms with Crippen molar-refractivity contribution in [2.24, 2.45) is 11.8 Å². The maximum Gasteiger partial charge on any atom is 0.239 e. The fourth-order valence-electron chi connectivity index (χ4n) is 4.33. The topological polar surface area (TPSA) is 52.6 Å². The Morgan fingerprint density at radius 3 is 2.55 bits per heavy atom. The van der Waals surface area contributed by atoms with Crippen LogP contribution in [0.15, 0.2) is 0 Å². The molecule has 2 aliphatic heterocycles. The van der Waals surface area contributed by atoms with Crippen LogP contribution in [0.3, 0.4) is 0 Å². The highest BCUT2D eigenvalue weighted by Crippen LogP contribution is 2.34. The monoisotopic (exact) mass is 280 g/mol. The first-order valence-corrected chi connectivity index (χ1v) is 8.38. The zero-order valence-corrected chi connectivity index (χ0v) is 12.6. The van der Waals surface area contributed by atoms with E-state index < -0.39 is 0 Å². The number of carbonyl (C=O) groups excluding carboxylic acids is 1. The molecular weight excluding hydrogens is 252 g/mol. The molecule has 1 amide bonds. The van der Waals surface area contributed by atoms with Crippen molar-refractivity contribution in [3.8, 4) is 0 Å². The van der Waals surface area contributed by atoms with Gasteiger partial charge in [-0.3, -0.25) is 4.79 Å². The minimum absolute atomic E-state index is 0.0613. The van der Waals surface area contributed by atoms with Crippen molar-refractivity contribution in [3.05, 3.63) is 0 Å². The molecule has 20 heavy (non-hydrogen) atoms. The highest BCUT2D eigenvalue weighted by molar-refractivity contribution is 5.82. The van der Waals surface area contributed by atoms with Crippen LogP contribution in [0, 0.1) is 11.8 Å². The van der Waals surface area contributed by atoms with E-state index in [2.05, 4.69) is 5.32 Å². The number of likely N-dealkylation sites (tertiary alicyclic amines) is 1. The van der Waals surface area contributed by atoms with Gasteiger partial charge in [0.15, 0.2) is 0 Å². The SMILES string of the molecule is C[C@@H](O)C1CCN(C(=O)[C@H]2C[C@@H]3CCCC[C@@H]3N2)CC1. The Bertz CT molecular complexity index is 336. The number of fused-ring (bicyclic) bond motifs is 1. The maximum atomic E-state index is 12.6. The van der Waals surface area contributed by atoms with Crippen molar-refractivity contribution in [1.29, 1.82) is 0 Å². The molecule has 2 N–H and O–H groups in total. The van der Waals surface area contributed by atoms with Gasteiger partial charge in [-0.2, -0.15) is 0 Å². The largest absolute Gasteiger partial charge is 0.393 e. The minimum Gasteiger partial charge on any atom is -0.393 e. The van der Waals surface area contributed by atoms with E-state index in [1.54, 1.807) is 0 Å². The lowest BCUT2D eigenvalue weighted by molar-refractivity contribution is -0.135. The fraction of sp³-hybridized carbons (Fsp3) is 0.938. The maximum absolute atomic E-state index is 12.6. The smallest absolute Gasteiger partial charge is 0.239 e. The molecule has 3 aliphatic rings. The van der Waals surface area contributed by atoms with Crippen LogP contribution in [-0.2, 0) is 4.79 Å². The molecule has 0 bridgehead atoms. The van der Waals surface area contributed by atoms with Crippen molar-refractivity contribution >= 4 is 5.91 Å². The molecule has 3 rings (SSSR count). The molecule has 3 fully saturated rings. The number of hydrogen-bond donors (Lipinski definition) is 2. The van der Waals surface area contributed by atoms with Gasteiger partial charge in [0.25, 0.3) is 0 Å². The Morgan fingerprint density at radius 1 is 1.20 bits per heavy atom. The van der Waals surface area contributed by atoms with Crippen LogP contribution in [-0.4, -0.2) is 47.2 Å². The summed E-state index contributed by atoms with van der Waals surface area (Å²) in [6.07, 6.45) is 7.90. The van der Waals surface area contributed by atoms with E-state index in [4.69, 9.17) is 0 Å². The van der Waals surface area contributed by atoms with Gasteiger partial charge in [-0.15, -0.1) is 0 Å². The van der Waals surface area contributed by atoms with Gasteiger partial charge >= 0.3 is 0 Å². The molecule has 0 aromatic carbocycles. The number of carbonyl (C=O) groups is 1. The van der Waals surface area contributed by atoms with E-state index in [0.29, 0.717) is 17.9 Å². The Balaban J connectivity index is 1.52. The van der Waals surface area contributed by atoms with Crippen LogP contribution < -0.4 is 5.32 Å². The number of nitrogens with one attached hydrogen (secondary N) is 1. The Hall–Kier alpha value is -0.610. The van der Waals surface area contributed by atoms with Crippen molar-refractivity contribution in [2.45, 2.75) is 70.1 Å². The summed E-state index contributed by atoms with van der Waals surface area (Å²) in [4.78, 5) is 14.6. The molecule has 2 heterocycles. The summed E-state index contributed by atoms with van der Waals surface area (Å²) in [5.74, 6) is 1.41. The van der Waals surface area contributed by atoms with Crippen LogP contribution in [0.25, 0.3) is 0 Å². The number of nitrogens with zero attached hydrogens (tertiary/aromatic N) is 1. The summed E-state index contributed by atoms with van der Waals surface area (Å²) in [5, 5.41) is 13.2. The second-order valence-corrected chi connectivity index (χ2v) is 7.01. The summed E-state index contributed by atoms with van der Waals surface area (Å²) in [7, 11) is 0. The zero-order valence-electron chi connectivity index (χ0n) is 12.6. The van der Waals surface area contributed by atoms with Gasteiger partial charge in [0.1, 0.15) is 0 Å². The predicted octanol–water partition coefficient (Wildman–Crippen LogP) is 1.53. The van der Waals surface area contributed by atoms with Crippen molar-refractivity contribution in [3.63, 3.8) is 0 Å². The molecule has 0 aromatic heterocycles. The van der Waals surface area contributed by atoms with Gasteiger partial charge in [0.2, 0.25) is 5.91 Å². The summed E-state index contributed by atoms with van der Waals surface area (Å²) >= 11 is 0. The van der Waals surface area contributed by atoms with Crippen molar-refractivity contribution in [1.82, 2.24) is 10.2 Å². The van der Waals surface area contributed by atoms with Gasteiger partial charge in [-0.1, -0.05) is 12.8 Å². The molecule has 4 heteroatoms. The average molecular weight is 280 g/mol. The molecule has 114 valence electrons. The van der Waals surface area contributed by atoms with Crippen LogP contribution in [0.1, 0.15) is 51.9 Å². The molecule has 2 saturated heterocycles. The number of piperidine rings is 1. The average Bonchev–Trinajstić information content (AvgIpc) is 2.90. The van der Waals surface area contributed by atoms with Crippen LogP contribution in [0.4, 0.5) is 0 Å². The Kier molecular flexibility index (Phi) is 4.32. The second kappa shape index (κ2) is 6.02. The highest BCUT2D eigenvalue weighted by Gasteiger charge is 2.40. The summed E-state index contributed by atoms with van der Waals surface area (Å²) in [6, 6.07) is 0.652. The third kappa shape index (κ3) is 2.86. The number of rotatable bonds is 2. The van der Waals surface area contributed by atoms with Crippen LogP contribution >= 0.6 is 0 Å². The van der Waals surface area contributed by atoms with Gasteiger partial charge in [-0.05, 0) is 50.9 Å². The zero-order chi connectivity index (χ0) is 14.1. The van der Waals surface area contributed by atoms with E-state index in [-0.39, 0.29) is 12.1 Å². The van der Waals surface area contributed by atoms with E-state index in [1.165, 1.54) is 25.7 Å². The summed E-state index contributed by atoms with van der Waals surface area (Å²) in [6.45, 7) is 3.51. The molecule has 1 saturated carbocycles. The second-order valence-electron chi connectivity index (χ2n) is 7.01. The van der Waals surface area contributed by atoms with Crippen LogP contribution in [0.2, 0.25) is 0 Å². The molecule has 4 atom stereocenters. The molecule has 0 radical (unpaired) electrons. The van der Waals surface area contributed by atoms with E-state index in [0.717, 1.165) is 38.3 Å². The van der Waals surface area contributed by atoms with Gasteiger partial charge in [-0.25, -0.2) is 0 Å². The number of hydrogen-bond acceptors (Lipinski definition) is 3. The molecule has 0 unspecified atom stereocenters. The Labute approximate surface area is 121 Å². The van der Waals surface area contributed by atoms with Gasteiger partial charge in [0.05, 0.1) is 12.1 Å². The van der Waals surface area contributed by atoms with Gasteiger partial charge < -0.3 is 15.3 Å². The molecular formula is C16H28N2O2. The lowest BCUT2D eigenvalue weighted by atomic mass is 9.85. The first-order valence-electron chi connectivity index (χ1n) is 8.38. The van der Waals surface area contributed by atoms with Gasteiger partial charge in [0, 0.05) is 19.1 Å².